The molecule has 0 spiro atoms. The van der Waals surface area contributed by atoms with Crippen LogP contribution in [0.4, 0.5) is 22.7 Å². The van der Waals surface area contributed by atoms with Gasteiger partial charge in [0.1, 0.15) is 18.3 Å². The molecule has 284 valence electrons. The number of aromatic nitrogens is 4. The maximum Gasteiger partial charge on any atom is 0.193 e. The first kappa shape index (κ1) is 35.2. The van der Waals surface area contributed by atoms with Crippen LogP contribution in [0.5, 0.6) is 0 Å². The van der Waals surface area contributed by atoms with E-state index in [0.29, 0.717) is 17.8 Å². The minimum absolute atomic E-state index is 0.0155. The van der Waals surface area contributed by atoms with Crippen LogP contribution in [-0.2, 0) is 23.8 Å². The molecule has 5 aromatic carbocycles. The summed E-state index contributed by atoms with van der Waals surface area (Å²) >= 11 is 0. The van der Waals surface area contributed by atoms with Crippen molar-refractivity contribution < 1.29 is 4.79 Å². The molecule has 0 amide bonds. The Kier molecular flexibility index (Phi) is 7.98. The molecule has 10 rings (SSSR count). The summed E-state index contributed by atoms with van der Waals surface area (Å²) in [4.78, 5) is 29.3. The lowest BCUT2D eigenvalue weighted by Crippen LogP contribution is -2.24. The predicted molar refractivity (Wildman–Crippen MR) is 234 cm³/mol. The summed E-state index contributed by atoms with van der Waals surface area (Å²) in [7, 11) is 0. The maximum atomic E-state index is 14.6. The van der Waals surface area contributed by atoms with Gasteiger partial charge < -0.3 is 14.4 Å². The average Bonchev–Trinajstić information content (AvgIpc) is 3.88. The summed E-state index contributed by atoms with van der Waals surface area (Å²) in [5.74, 6) is 2.00. The standard InChI is InChI=1S/C50H48N6O/c1-49(2,3)34-18-20-36(21-19-34)54-31-55(44-29-40-43(30-45(44)54)53-25-10-9-16-46(53)52-40)37-13-11-12-32(26-37)48(57)33-17-22-39-38-14-7-8-15-41(38)56(42(39)27-33)47-28-35(23-24-51-47)50(4,5)6/h7-8,11-15,17-24,26-30H,9-10,16,25,31H2,1-6H3. The molecule has 2 aliphatic rings. The largest absolute Gasteiger partial charge is 0.328 e. The van der Waals surface area contributed by atoms with E-state index in [4.69, 9.17) is 9.97 Å². The molecule has 0 aliphatic carbocycles. The molecule has 2 aliphatic heterocycles. The number of hydrogen-bond acceptors (Lipinski definition) is 5. The number of nitrogens with zero attached hydrogens (tertiary/aromatic N) is 6. The van der Waals surface area contributed by atoms with Gasteiger partial charge in [0.25, 0.3) is 0 Å². The number of imidazole rings is 1. The Bertz CT molecular complexity index is 2880. The fourth-order valence-electron chi connectivity index (χ4n) is 8.85. The van der Waals surface area contributed by atoms with Gasteiger partial charge in [-0.25, -0.2) is 9.97 Å². The normalized spacial score (nSPS) is 14.5. The number of pyridine rings is 1. The first-order chi connectivity index (χ1) is 27.4. The summed E-state index contributed by atoms with van der Waals surface area (Å²) in [5, 5.41) is 2.23. The monoisotopic (exact) mass is 748 g/mol. The number of carbonyl (C=O) groups excluding carboxylic acids is 1. The number of carbonyl (C=O) groups is 1. The van der Waals surface area contributed by atoms with Gasteiger partial charge in [-0.3, -0.25) is 9.36 Å². The van der Waals surface area contributed by atoms with Gasteiger partial charge in [-0.05, 0) is 95.5 Å². The van der Waals surface area contributed by atoms with Crippen molar-refractivity contribution in [2.45, 2.75) is 78.2 Å². The maximum absolute atomic E-state index is 14.6. The Hall–Kier alpha value is -6.21. The van der Waals surface area contributed by atoms with Crippen LogP contribution in [0, 0.1) is 0 Å². The minimum Gasteiger partial charge on any atom is -0.328 e. The van der Waals surface area contributed by atoms with Crippen molar-refractivity contribution >= 4 is 61.4 Å². The zero-order chi connectivity index (χ0) is 39.2. The van der Waals surface area contributed by atoms with E-state index < -0.39 is 0 Å². The molecule has 0 radical (unpaired) electrons. The first-order valence-electron chi connectivity index (χ1n) is 20.3. The van der Waals surface area contributed by atoms with Gasteiger partial charge in [0.05, 0.1) is 33.4 Å². The van der Waals surface area contributed by atoms with Crippen LogP contribution in [0.15, 0.2) is 121 Å². The topological polar surface area (TPSA) is 59.2 Å². The van der Waals surface area contributed by atoms with Crippen LogP contribution in [0.25, 0.3) is 38.7 Å². The lowest BCUT2D eigenvalue weighted by molar-refractivity contribution is 0.103. The third-order valence-corrected chi connectivity index (χ3v) is 12.1. The second-order valence-electron chi connectivity index (χ2n) is 17.9. The van der Waals surface area contributed by atoms with E-state index in [0.717, 1.165) is 68.9 Å². The van der Waals surface area contributed by atoms with Crippen molar-refractivity contribution in [2.75, 3.05) is 16.5 Å². The molecule has 7 heteroatoms. The van der Waals surface area contributed by atoms with Crippen LogP contribution in [0.3, 0.4) is 0 Å². The molecule has 3 aromatic heterocycles. The molecular formula is C50H48N6O. The van der Waals surface area contributed by atoms with E-state index in [9.17, 15) is 4.79 Å². The van der Waals surface area contributed by atoms with Gasteiger partial charge in [0, 0.05) is 52.4 Å². The lowest BCUT2D eigenvalue weighted by atomic mass is 9.87. The predicted octanol–water partition coefficient (Wildman–Crippen LogP) is 11.9. The molecule has 0 saturated heterocycles. The summed E-state index contributed by atoms with van der Waals surface area (Å²) in [6, 6.07) is 40.5. The number of fused-ring (bicyclic) bond motifs is 7. The zero-order valence-electron chi connectivity index (χ0n) is 33.7. The van der Waals surface area contributed by atoms with Gasteiger partial charge in [0.15, 0.2) is 5.78 Å². The number of para-hydroxylation sites is 1. The van der Waals surface area contributed by atoms with Crippen LogP contribution < -0.4 is 9.80 Å². The summed E-state index contributed by atoms with van der Waals surface area (Å²) in [6.45, 7) is 15.0. The zero-order valence-corrected chi connectivity index (χ0v) is 33.7. The smallest absolute Gasteiger partial charge is 0.193 e. The Morgan fingerprint density at radius 2 is 1.35 bits per heavy atom. The van der Waals surface area contributed by atoms with E-state index in [-0.39, 0.29) is 16.6 Å². The Morgan fingerprint density at radius 3 is 2.16 bits per heavy atom. The molecule has 0 fully saturated rings. The fraction of sp³-hybridized carbons (Fsp3) is 0.260. The first-order valence-corrected chi connectivity index (χ1v) is 20.3. The Morgan fingerprint density at radius 1 is 0.614 bits per heavy atom. The molecule has 0 saturated carbocycles. The number of benzene rings is 5. The fourth-order valence-corrected chi connectivity index (χ4v) is 8.85. The summed E-state index contributed by atoms with van der Waals surface area (Å²) < 4.78 is 4.61. The van der Waals surface area contributed by atoms with Gasteiger partial charge in [-0.1, -0.05) is 96.1 Å². The summed E-state index contributed by atoms with van der Waals surface area (Å²) in [6.07, 6.45) is 5.26. The lowest BCUT2D eigenvalue weighted by Gasteiger charge is -2.24. The highest BCUT2D eigenvalue weighted by atomic mass is 16.1. The van der Waals surface area contributed by atoms with E-state index in [1.165, 1.54) is 35.3 Å². The number of hydrogen-bond donors (Lipinski definition) is 0. The van der Waals surface area contributed by atoms with Gasteiger partial charge in [-0.15, -0.1) is 0 Å². The third kappa shape index (κ3) is 5.90. The Balaban J connectivity index is 1.05. The van der Waals surface area contributed by atoms with Crippen molar-refractivity contribution in [3.8, 4) is 5.82 Å². The second-order valence-corrected chi connectivity index (χ2v) is 17.9. The molecule has 0 bridgehead atoms. The average molecular weight is 749 g/mol. The molecule has 5 heterocycles. The number of aryl methyl sites for hydroxylation is 2. The third-order valence-electron chi connectivity index (χ3n) is 12.1. The van der Waals surface area contributed by atoms with E-state index in [2.05, 4.69) is 151 Å². The Labute approximate surface area is 334 Å². The van der Waals surface area contributed by atoms with Crippen molar-refractivity contribution in [1.29, 1.82) is 0 Å². The van der Waals surface area contributed by atoms with Gasteiger partial charge >= 0.3 is 0 Å². The number of anilines is 4. The van der Waals surface area contributed by atoms with Crippen LogP contribution in [0.1, 0.15) is 87.3 Å². The van der Waals surface area contributed by atoms with Crippen molar-refractivity contribution in [2.24, 2.45) is 0 Å². The molecule has 0 unspecified atom stereocenters. The molecule has 7 nitrogen and oxygen atoms in total. The van der Waals surface area contributed by atoms with Crippen molar-refractivity contribution in [3.63, 3.8) is 0 Å². The molecule has 0 N–H and O–H groups in total. The molecular weight excluding hydrogens is 701 g/mol. The van der Waals surface area contributed by atoms with Crippen molar-refractivity contribution in [1.82, 2.24) is 19.1 Å². The summed E-state index contributed by atoms with van der Waals surface area (Å²) in [5.41, 5.74) is 12.5. The molecule has 8 aromatic rings. The quantitative estimate of drug-likeness (QED) is 0.164. The van der Waals surface area contributed by atoms with E-state index in [1.54, 1.807) is 0 Å². The highest BCUT2D eigenvalue weighted by molar-refractivity contribution is 6.15. The number of rotatable bonds is 5. The highest BCUT2D eigenvalue weighted by Crippen LogP contribution is 2.47. The SMILES string of the molecule is CC(C)(C)c1ccc(N2CN(c3cccc(C(=O)c4ccc5c6ccccc6n(-c6cc(C(C)(C)C)ccn6)c5c4)c3)c3cc4nc5n(c4cc32)CCCC5)cc1. The van der Waals surface area contributed by atoms with Crippen LogP contribution >= 0.6 is 0 Å². The van der Waals surface area contributed by atoms with Crippen LogP contribution in [0.2, 0.25) is 0 Å². The second kappa shape index (κ2) is 12.9. The van der Waals surface area contributed by atoms with Gasteiger partial charge in [0.2, 0.25) is 0 Å². The minimum atomic E-state index is -0.0313. The van der Waals surface area contributed by atoms with E-state index >= 15 is 0 Å². The molecule has 57 heavy (non-hydrogen) atoms. The molecule has 0 atom stereocenters. The van der Waals surface area contributed by atoms with E-state index in [1.807, 2.05) is 30.5 Å². The van der Waals surface area contributed by atoms with Crippen molar-refractivity contribution in [3.05, 3.63) is 150 Å². The van der Waals surface area contributed by atoms with Crippen LogP contribution in [-0.4, -0.2) is 31.6 Å². The van der Waals surface area contributed by atoms with Gasteiger partial charge in [-0.2, -0.15) is 0 Å². The number of ketones is 1. The highest BCUT2D eigenvalue weighted by Gasteiger charge is 2.31.